The maximum absolute atomic E-state index is 12.5. The number of sulfonamides is 1. The molecular weight excluding hydrogens is 400 g/mol. The van der Waals surface area contributed by atoms with Crippen molar-refractivity contribution in [3.05, 3.63) is 77.1 Å². The van der Waals surface area contributed by atoms with Crippen molar-refractivity contribution in [2.45, 2.75) is 11.4 Å². The van der Waals surface area contributed by atoms with Crippen LogP contribution in [-0.4, -0.2) is 42.5 Å². The summed E-state index contributed by atoms with van der Waals surface area (Å²) >= 11 is 6.02. The largest absolute Gasteiger partial charge is 0.319 e. The maximum Gasteiger partial charge on any atom is 0.255 e. The summed E-state index contributed by atoms with van der Waals surface area (Å²) in [5, 5.41) is 7.00. The van der Waals surface area contributed by atoms with E-state index in [-0.39, 0.29) is 15.5 Å². The molecule has 0 atom stereocenters. The molecule has 2 aromatic carbocycles. The van der Waals surface area contributed by atoms with E-state index in [2.05, 4.69) is 10.4 Å². The first kappa shape index (κ1) is 20.1. The third-order valence-corrected chi connectivity index (χ3v) is 6.33. The van der Waals surface area contributed by atoms with Crippen LogP contribution in [-0.2, 0) is 16.6 Å². The molecule has 0 fully saturated rings. The average Bonchev–Trinajstić information content (AvgIpc) is 3.09. The molecule has 1 amide bonds. The molecule has 0 saturated heterocycles. The summed E-state index contributed by atoms with van der Waals surface area (Å²) < 4.78 is 27.5. The molecule has 146 valence electrons. The summed E-state index contributed by atoms with van der Waals surface area (Å²) in [6.07, 6.45) is 3.24. The number of halogens is 1. The minimum atomic E-state index is -3.76. The van der Waals surface area contributed by atoms with Crippen molar-refractivity contribution in [2.75, 3.05) is 19.4 Å². The Morgan fingerprint density at radius 2 is 1.89 bits per heavy atom. The van der Waals surface area contributed by atoms with Gasteiger partial charge in [0, 0.05) is 25.9 Å². The third kappa shape index (κ3) is 4.41. The van der Waals surface area contributed by atoms with Crippen LogP contribution in [0.2, 0.25) is 5.02 Å². The molecule has 0 unspecified atom stereocenters. The number of carbonyl (C=O) groups is 1. The van der Waals surface area contributed by atoms with Gasteiger partial charge in [-0.15, -0.1) is 0 Å². The monoisotopic (exact) mass is 418 g/mol. The molecule has 28 heavy (non-hydrogen) atoms. The SMILES string of the molecule is CN(C)S(=O)(=O)c1cc(C(=O)Nc2cnn(Cc3ccccc3)c2)ccc1Cl. The van der Waals surface area contributed by atoms with Crippen molar-refractivity contribution in [1.29, 1.82) is 0 Å². The number of benzene rings is 2. The van der Waals surface area contributed by atoms with Crippen LogP contribution in [0.4, 0.5) is 5.69 Å². The van der Waals surface area contributed by atoms with Gasteiger partial charge in [0.25, 0.3) is 5.91 Å². The lowest BCUT2D eigenvalue weighted by Crippen LogP contribution is -2.23. The molecule has 9 heteroatoms. The van der Waals surface area contributed by atoms with Crippen LogP contribution in [0.15, 0.2) is 65.8 Å². The molecule has 3 aromatic rings. The summed E-state index contributed by atoms with van der Waals surface area (Å²) in [5.41, 5.74) is 1.77. The zero-order chi connectivity index (χ0) is 20.3. The van der Waals surface area contributed by atoms with Gasteiger partial charge in [-0.25, -0.2) is 12.7 Å². The smallest absolute Gasteiger partial charge is 0.255 e. The number of rotatable bonds is 6. The lowest BCUT2D eigenvalue weighted by Gasteiger charge is -2.13. The number of hydrogen-bond acceptors (Lipinski definition) is 4. The van der Waals surface area contributed by atoms with Crippen LogP contribution in [0.3, 0.4) is 0 Å². The Kier molecular flexibility index (Phi) is 5.83. The number of carbonyl (C=O) groups excluding carboxylic acids is 1. The van der Waals surface area contributed by atoms with Crippen LogP contribution in [0, 0.1) is 0 Å². The Bertz CT molecular complexity index is 1100. The normalized spacial score (nSPS) is 11.6. The molecule has 1 N–H and O–H groups in total. The number of anilines is 1. The van der Waals surface area contributed by atoms with Crippen LogP contribution >= 0.6 is 11.6 Å². The lowest BCUT2D eigenvalue weighted by molar-refractivity contribution is 0.102. The Hall–Kier alpha value is -2.68. The number of amides is 1. The van der Waals surface area contributed by atoms with E-state index in [4.69, 9.17) is 11.6 Å². The molecule has 1 heterocycles. The quantitative estimate of drug-likeness (QED) is 0.666. The van der Waals surface area contributed by atoms with Gasteiger partial charge < -0.3 is 5.32 Å². The van der Waals surface area contributed by atoms with E-state index in [0.29, 0.717) is 12.2 Å². The highest BCUT2D eigenvalue weighted by atomic mass is 35.5. The number of hydrogen-bond donors (Lipinski definition) is 1. The van der Waals surface area contributed by atoms with Crippen LogP contribution in [0.5, 0.6) is 0 Å². The second-order valence-electron chi connectivity index (χ2n) is 6.30. The third-order valence-electron chi connectivity index (χ3n) is 4.03. The molecule has 0 radical (unpaired) electrons. The van der Waals surface area contributed by atoms with Gasteiger partial charge in [0.1, 0.15) is 4.90 Å². The van der Waals surface area contributed by atoms with Gasteiger partial charge in [-0.2, -0.15) is 5.10 Å². The van der Waals surface area contributed by atoms with Gasteiger partial charge in [0.15, 0.2) is 0 Å². The minimum absolute atomic E-state index is 0.0564. The van der Waals surface area contributed by atoms with E-state index in [1.807, 2.05) is 30.3 Å². The number of aromatic nitrogens is 2. The van der Waals surface area contributed by atoms with Gasteiger partial charge in [-0.3, -0.25) is 9.48 Å². The summed E-state index contributed by atoms with van der Waals surface area (Å²) in [6, 6.07) is 13.9. The van der Waals surface area contributed by atoms with E-state index >= 15 is 0 Å². The highest BCUT2D eigenvalue weighted by Crippen LogP contribution is 2.25. The summed E-state index contributed by atoms with van der Waals surface area (Å²) in [7, 11) is -0.957. The Balaban J connectivity index is 1.77. The summed E-state index contributed by atoms with van der Waals surface area (Å²) in [5.74, 6) is -0.453. The minimum Gasteiger partial charge on any atom is -0.319 e. The van der Waals surface area contributed by atoms with E-state index in [1.54, 1.807) is 10.9 Å². The van der Waals surface area contributed by atoms with E-state index in [1.165, 1.54) is 38.5 Å². The van der Waals surface area contributed by atoms with Gasteiger partial charge in [-0.1, -0.05) is 41.9 Å². The van der Waals surface area contributed by atoms with Crippen molar-refractivity contribution in [1.82, 2.24) is 14.1 Å². The fraction of sp³-hybridized carbons (Fsp3) is 0.158. The average molecular weight is 419 g/mol. The predicted octanol–water partition coefficient (Wildman–Crippen LogP) is 3.09. The molecular formula is C19H19ClN4O3S. The van der Waals surface area contributed by atoms with Gasteiger partial charge in [0.2, 0.25) is 10.0 Å². The molecule has 0 aliphatic rings. The van der Waals surface area contributed by atoms with Crippen LogP contribution in [0.25, 0.3) is 0 Å². The van der Waals surface area contributed by atoms with Crippen molar-refractivity contribution < 1.29 is 13.2 Å². The molecule has 0 spiro atoms. The van der Waals surface area contributed by atoms with Crippen molar-refractivity contribution in [2.24, 2.45) is 0 Å². The predicted molar refractivity (Wildman–Crippen MR) is 108 cm³/mol. The van der Waals surface area contributed by atoms with Gasteiger partial charge >= 0.3 is 0 Å². The fourth-order valence-corrected chi connectivity index (χ4v) is 3.92. The van der Waals surface area contributed by atoms with Crippen LogP contribution < -0.4 is 5.32 Å². The molecule has 1 aromatic heterocycles. The molecule has 0 aliphatic heterocycles. The molecule has 0 saturated carbocycles. The standard InChI is InChI=1S/C19H19ClN4O3S/c1-23(2)28(26,27)18-10-15(8-9-17(18)20)19(25)22-16-11-21-24(13-16)12-14-6-4-3-5-7-14/h3-11,13H,12H2,1-2H3,(H,22,25). The van der Waals surface area contributed by atoms with E-state index < -0.39 is 15.9 Å². The highest BCUT2D eigenvalue weighted by Gasteiger charge is 2.22. The van der Waals surface area contributed by atoms with Crippen molar-refractivity contribution in [3.8, 4) is 0 Å². The van der Waals surface area contributed by atoms with Crippen molar-refractivity contribution >= 4 is 33.2 Å². The maximum atomic E-state index is 12.5. The summed E-state index contributed by atoms with van der Waals surface area (Å²) in [4.78, 5) is 12.4. The second-order valence-corrected chi connectivity index (χ2v) is 8.83. The number of nitrogens with zero attached hydrogens (tertiary/aromatic N) is 3. The first-order chi connectivity index (χ1) is 13.3. The second kappa shape index (κ2) is 8.14. The van der Waals surface area contributed by atoms with Crippen molar-refractivity contribution in [3.63, 3.8) is 0 Å². The Labute approximate surface area is 168 Å². The molecule has 0 bridgehead atoms. The van der Waals surface area contributed by atoms with E-state index in [9.17, 15) is 13.2 Å². The molecule has 0 aliphatic carbocycles. The van der Waals surface area contributed by atoms with E-state index in [0.717, 1.165) is 9.87 Å². The Morgan fingerprint density at radius 3 is 2.57 bits per heavy atom. The highest BCUT2D eigenvalue weighted by molar-refractivity contribution is 7.89. The summed E-state index contributed by atoms with van der Waals surface area (Å²) in [6.45, 7) is 0.572. The fourth-order valence-electron chi connectivity index (χ4n) is 2.53. The van der Waals surface area contributed by atoms with Crippen LogP contribution in [0.1, 0.15) is 15.9 Å². The zero-order valence-electron chi connectivity index (χ0n) is 15.3. The van der Waals surface area contributed by atoms with Gasteiger partial charge in [-0.05, 0) is 23.8 Å². The topological polar surface area (TPSA) is 84.3 Å². The first-order valence-electron chi connectivity index (χ1n) is 8.37. The molecule has 3 rings (SSSR count). The zero-order valence-corrected chi connectivity index (χ0v) is 16.9. The molecule has 7 nitrogen and oxygen atoms in total. The lowest BCUT2D eigenvalue weighted by atomic mass is 10.2. The van der Waals surface area contributed by atoms with Gasteiger partial charge in [0.05, 0.1) is 23.5 Å². The number of nitrogens with one attached hydrogen (secondary N) is 1. The first-order valence-corrected chi connectivity index (χ1v) is 10.2. The Morgan fingerprint density at radius 1 is 1.18 bits per heavy atom.